The molecule has 2 aromatic carbocycles. The molecule has 2 unspecified atom stereocenters. The smallest absolute Gasteiger partial charge is 0.411 e. The minimum absolute atomic E-state index is 0.185. The van der Waals surface area contributed by atoms with Gasteiger partial charge in [0.25, 0.3) is 0 Å². The van der Waals surface area contributed by atoms with Gasteiger partial charge < -0.3 is 14.7 Å². The second-order valence-electron chi connectivity index (χ2n) is 9.77. The number of carbonyl (C=O) groups excluding carboxylic acids is 1. The SMILES string of the molecule is C[C@@H](c1ccc(-c2cccc(S(C)=O)n2)cc1)N1CCC(CC(C)(C)O)(c2ccccc2)OC1=O. The summed E-state index contributed by atoms with van der Waals surface area (Å²) in [6.45, 7) is 5.98. The van der Waals surface area contributed by atoms with Crippen LogP contribution >= 0.6 is 0 Å². The highest BCUT2D eigenvalue weighted by Crippen LogP contribution is 2.42. The van der Waals surface area contributed by atoms with Crippen LogP contribution in [0.15, 0.2) is 77.8 Å². The van der Waals surface area contributed by atoms with E-state index in [2.05, 4.69) is 4.98 Å². The fraction of sp³-hybridized carbons (Fsp3) is 0.357. The fourth-order valence-corrected chi connectivity index (χ4v) is 5.24. The zero-order valence-electron chi connectivity index (χ0n) is 20.6. The molecule has 7 heteroatoms. The lowest BCUT2D eigenvalue weighted by Gasteiger charge is -2.45. The molecule has 2 heterocycles. The molecule has 1 aromatic heterocycles. The van der Waals surface area contributed by atoms with Crippen molar-refractivity contribution in [3.63, 3.8) is 0 Å². The van der Waals surface area contributed by atoms with E-state index in [1.165, 1.54) is 0 Å². The summed E-state index contributed by atoms with van der Waals surface area (Å²) in [5.41, 5.74) is 1.70. The molecule has 35 heavy (non-hydrogen) atoms. The third-order valence-corrected chi connectivity index (χ3v) is 7.28. The second kappa shape index (κ2) is 9.91. The summed E-state index contributed by atoms with van der Waals surface area (Å²) in [6.07, 6.45) is 2.13. The maximum absolute atomic E-state index is 13.3. The number of amides is 1. The molecule has 1 aliphatic rings. The number of rotatable bonds is 7. The molecule has 1 fully saturated rings. The average molecular weight is 493 g/mol. The quantitative estimate of drug-likeness (QED) is 0.475. The summed E-state index contributed by atoms with van der Waals surface area (Å²) in [5, 5.41) is 11.1. The van der Waals surface area contributed by atoms with Gasteiger partial charge in [-0.2, -0.15) is 0 Å². The molecule has 1 amide bonds. The van der Waals surface area contributed by atoms with E-state index in [4.69, 9.17) is 4.74 Å². The van der Waals surface area contributed by atoms with Crippen LogP contribution in [0.25, 0.3) is 11.3 Å². The molecule has 0 saturated carbocycles. The van der Waals surface area contributed by atoms with Crippen molar-refractivity contribution in [2.45, 2.75) is 55.9 Å². The molecule has 3 atom stereocenters. The lowest BCUT2D eigenvalue weighted by Crippen LogP contribution is -2.51. The van der Waals surface area contributed by atoms with Gasteiger partial charge in [0.2, 0.25) is 0 Å². The van der Waals surface area contributed by atoms with Gasteiger partial charge in [-0.1, -0.05) is 60.7 Å². The Balaban J connectivity index is 1.53. The maximum Gasteiger partial charge on any atom is 0.411 e. The van der Waals surface area contributed by atoms with Crippen molar-refractivity contribution in [3.8, 4) is 11.3 Å². The van der Waals surface area contributed by atoms with Crippen LogP contribution in [0.1, 0.15) is 50.8 Å². The van der Waals surface area contributed by atoms with Crippen LogP contribution in [0.5, 0.6) is 0 Å². The van der Waals surface area contributed by atoms with Crippen LogP contribution in [-0.2, 0) is 21.1 Å². The summed E-state index contributed by atoms with van der Waals surface area (Å²) >= 11 is 0. The molecule has 6 nitrogen and oxygen atoms in total. The Morgan fingerprint density at radius 2 is 1.77 bits per heavy atom. The molecule has 1 saturated heterocycles. The van der Waals surface area contributed by atoms with Crippen molar-refractivity contribution >= 4 is 16.9 Å². The predicted molar refractivity (Wildman–Crippen MR) is 137 cm³/mol. The number of cyclic esters (lactones) is 1. The predicted octanol–water partition coefficient (Wildman–Crippen LogP) is 5.45. The molecule has 1 aliphatic heterocycles. The Labute approximate surface area is 209 Å². The Morgan fingerprint density at radius 1 is 1.09 bits per heavy atom. The topological polar surface area (TPSA) is 79.7 Å². The molecule has 3 aromatic rings. The number of nitrogens with zero attached hydrogens (tertiary/aromatic N) is 2. The first-order chi connectivity index (χ1) is 16.6. The largest absolute Gasteiger partial charge is 0.438 e. The molecular formula is C28H32N2O4S. The Morgan fingerprint density at radius 3 is 2.37 bits per heavy atom. The normalized spacial score (nSPS) is 20.3. The minimum Gasteiger partial charge on any atom is -0.438 e. The summed E-state index contributed by atoms with van der Waals surface area (Å²) in [5.74, 6) is 0. The van der Waals surface area contributed by atoms with Crippen molar-refractivity contribution in [3.05, 3.63) is 83.9 Å². The first-order valence-electron chi connectivity index (χ1n) is 11.8. The van der Waals surface area contributed by atoms with Crippen molar-refractivity contribution in [1.29, 1.82) is 0 Å². The number of hydrogen-bond acceptors (Lipinski definition) is 5. The zero-order chi connectivity index (χ0) is 25.2. The van der Waals surface area contributed by atoms with E-state index < -0.39 is 22.0 Å². The standard InChI is InChI=1S/C28H32N2O4S/c1-20(21-13-15-22(16-14-21)24-11-8-12-25(29-24)35(4)33)30-18-17-28(34-26(30)31,19-27(2,3)32)23-9-6-5-7-10-23/h5-16,20,32H,17-19H2,1-4H3/t20-,28?,35?/m0/s1. The molecule has 0 aliphatic carbocycles. The van der Waals surface area contributed by atoms with E-state index in [1.807, 2.05) is 73.7 Å². The molecular weight excluding hydrogens is 460 g/mol. The zero-order valence-corrected chi connectivity index (χ0v) is 21.4. The first-order valence-corrected chi connectivity index (χ1v) is 13.3. The number of aromatic nitrogens is 1. The Kier molecular flexibility index (Phi) is 7.10. The van der Waals surface area contributed by atoms with Gasteiger partial charge in [0.1, 0.15) is 10.6 Å². The van der Waals surface area contributed by atoms with E-state index in [-0.39, 0.29) is 12.1 Å². The van der Waals surface area contributed by atoms with Gasteiger partial charge >= 0.3 is 6.09 Å². The van der Waals surface area contributed by atoms with E-state index in [0.717, 1.165) is 22.4 Å². The van der Waals surface area contributed by atoms with E-state index >= 15 is 0 Å². The number of aliphatic hydroxyl groups is 1. The van der Waals surface area contributed by atoms with Crippen LogP contribution in [0.3, 0.4) is 0 Å². The highest BCUT2D eigenvalue weighted by molar-refractivity contribution is 7.84. The Bertz CT molecular complexity index is 1210. The lowest BCUT2D eigenvalue weighted by atomic mass is 9.80. The van der Waals surface area contributed by atoms with Gasteiger partial charge in [-0.3, -0.25) is 4.21 Å². The molecule has 0 radical (unpaired) electrons. The van der Waals surface area contributed by atoms with Crippen molar-refractivity contribution in [2.75, 3.05) is 12.8 Å². The summed E-state index contributed by atoms with van der Waals surface area (Å²) in [6, 6.07) is 22.9. The van der Waals surface area contributed by atoms with Crippen molar-refractivity contribution in [1.82, 2.24) is 9.88 Å². The monoisotopic (exact) mass is 492 g/mol. The van der Waals surface area contributed by atoms with Crippen LogP contribution in [0.4, 0.5) is 4.79 Å². The van der Waals surface area contributed by atoms with Crippen LogP contribution in [0.2, 0.25) is 0 Å². The van der Waals surface area contributed by atoms with E-state index in [1.54, 1.807) is 31.1 Å². The third-order valence-electron chi connectivity index (χ3n) is 6.47. The number of ether oxygens (including phenoxy) is 1. The van der Waals surface area contributed by atoms with E-state index in [0.29, 0.717) is 24.4 Å². The number of carbonyl (C=O) groups is 1. The van der Waals surface area contributed by atoms with Gasteiger partial charge in [0, 0.05) is 31.2 Å². The first kappa shape index (κ1) is 25.1. The molecule has 184 valence electrons. The Hall–Kier alpha value is -3.03. The lowest BCUT2D eigenvalue weighted by molar-refractivity contribution is -0.101. The van der Waals surface area contributed by atoms with Gasteiger partial charge in [0.05, 0.1) is 28.1 Å². The third kappa shape index (κ3) is 5.63. The van der Waals surface area contributed by atoms with E-state index in [9.17, 15) is 14.1 Å². The number of hydrogen-bond donors (Lipinski definition) is 1. The minimum atomic E-state index is -1.14. The van der Waals surface area contributed by atoms with Crippen LogP contribution in [0, 0.1) is 0 Å². The highest BCUT2D eigenvalue weighted by atomic mass is 32.2. The van der Waals surface area contributed by atoms with Crippen LogP contribution < -0.4 is 0 Å². The highest BCUT2D eigenvalue weighted by Gasteiger charge is 2.46. The molecule has 0 spiro atoms. The number of pyridine rings is 1. The average Bonchev–Trinajstić information content (AvgIpc) is 2.83. The van der Waals surface area contributed by atoms with Crippen LogP contribution in [-0.4, -0.2) is 43.7 Å². The molecule has 1 N–H and O–H groups in total. The molecule has 0 bridgehead atoms. The second-order valence-corrected chi connectivity index (χ2v) is 11.1. The van der Waals surface area contributed by atoms with Gasteiger partial charge in [0.15, 0.2) is 0 Å². The van der Waals surface area contributed by atoms with Crippen molar-refractivity contribution < 1.29 is 18.8 Å². The summed E-state index contributed by atoms with van der Waals surface area (Å²) in [4.78, 5) is 19.5. The van der Waals surface area contributed by atoms with Gasteiger partial charge in [-0.15, -0.1) is 0 Å². The fourth-order valence-electron chi connectivity index (χ4n) is 4.74. The van der Waals surface area contributed by atoms with Gasteiger partial charge in [-0.25, -0.2) is 9.78 Å². The maximum atomic E-state index is 13.3. The van der Waals surface area contributed by atoms with Crippen molar-refractivity contribution in [2.24, 2.45) is 0 Å². The summed E-state index contributed by atoms with van der Waals surface area (Å²) < 4.78 is 17.9. The molecule has 4 rings (SSSR count). The van der Waals surface area contributed by atoms with Gasteiger partial charge in [-0.05, 0) is 44.0 Å². The number of benzene rings is 2. The summed E-state index contributed by atoms with van der Waals surface area (Å²) in [7, 11) is -1.14.